The molecule has 0 saturated heterocycles. The van der Waals surface area contributed by atoms with Crippen LogP contribution in [0.3, 0.4) is 0 Å². The van der Waals surface area contributed by atoms with Crippen molar-refractivity contribution in [3.8, 4) is 6.07 Å². The molecule has 0 N–H and O–H groups in total. The number of carbonyl (C=O) groups is 1. The van der Waals surface area contributed by atoms with Crippen molar-refractivity contribution in [2.75, 3.05) is 0 Å². The fourth-order valence-electron chi connectivity index (χ4n) is 1.66. The Morgan fingerprint density at radius 3 is 2.89 bits per heavy atom. The number of aromatic nitrogens is 2. The molecule has 0 amide bonds. The maximum Gasteiger partial charge on any atom is 0.204 e. The van der Waals surface area contributed by atoms with Crippen LogP contribution >= 0.6 is 11.6 Å². The van der Waals surface area contributed by atoms with E-state index in [1.165, 1.54) is 6.33 Å². The minimum Gasteiger partial charge on any atom is -0.340 e. The molecule has 0 aliphatic heterocycles. The van der Waals surface area contributed by atoms with Gasteiger partial charge in [-0.3, -0.25) is 4.79 Å². The van der Waals surface area contributed by atoms with Crippen LogP contribution in [0.25, 0.3) is 0 Å². The first-order valence-electron chi connectivity index (χ1n) is 5.29. The minimum atomic E-state index is -0.876. The minimum absolute atomic E-state index is 0.282. The number of nitrogens with zero attached hydrogens (tertiary/aromatic N) is 3. The Morgan fingerprint density at radius 2 is 2.33 bits per heavy atom. The van der Waals surface area contributed by atoms with E-state index in [9.17, 15) is 4.79 Å². The topological polar surface area (TPSA) is 58.7 Å². The lowest BCUT2D eigenvalue weighted by molar-refractivity contribution is 0.0974. The second kappa shape index (κ2) is 5.03. The fraction of sp³-hybridized carbons (Fsp3) is 0.154. The third kappa shape index (κ3) is 2.41. The lowest BCUT2D eigenvalue weighted by Gasteiger charge is -2.06. The Hall–Kier alpha value is -2.12. The third-order valence-corrected chi connectivity index (χ3v) is 2.77. The van der Waals surface area contributed by atoms with Crippen LogP contribution in [0.5, 0.6) is 0 Å². The highest BCUT2D eigenvalue weighted by Gasteiger charge is 2.23. The van der Waals surface area contributed by atoms with E-state index in [1.807, 2.05) is 6.07 Å². The van der Waals surface area contributed by atoms with Crippen LogP contribution in [0.15, 0.2) is 36.8 Å². The van der Waals surface area contributed by atoms with E-state index < -0.39 is 5.92 Å². The third-order valence-electron chi connectivity index (χ3n) is 2.53. The quantitative estimate of drug-likeness (QED) is 0.796. The molecular weight excluding hydrogens is 250 g/mol. The molecular formula is C13H10ClN3O. The first kappa shape index (κ1) is 12.3. The zero-order valence-corrected chi connectivity index (χ0v) is 10.4. The second-order valence-corrected chi connectivity index (χ2v) is 4.34. The van der Waals surface area contributed by atoms with E-state index >= 15 is 0 Å². The number of hydrogen-bond donors (Lipinski definition) is 0. The Bertz CT molecular complexity index is 627. The average Bonchev–Trinajstić information content (AvgIpc) is 2.77. The second-order valence-electron chi connectivity index (χ2n) is 3.91. The van der Waals surface area contributed by atoms with E-state index in [-0.39, 0.29) is 11.5 Å². The summed E-state index contributed by atoms with van der Waals surface area (Å²) in [5.74, 6) is -1.20. The summed E-state index contributed by atoms with van der Waals surface area (Å²) in [7, 11) is 1.77. The lowest BCUT2D eigenvalue weighted by Crippen LogP contribution is -2.11. The van der Waals surface area contributed by atoms with Gasteiger partial charge in [-0.05, 0) is 17.7 Å². The maximum absolute atomic E-state index is 12.2. The summed E-state index contributed by atoms with van der Waals surface area (Å²) in [5, 5.41) is 9.66. The first-order chi connectivity index (χ1) is 8.61. The molecule has 1 aromatic carbocycles. The summed E-state index contributed by atoms with van der Waals surface area (Å²) in [6, 6.07) is 8.74. The van der Waals surface area contributed by atoms with Crippen molar-refractivity contribution in [3.63, 3.8) is 0 Å². The Morgan fingerprint density at radius 1 is 1.56 bits per heavy atom. The highest BCUT2D eigenvalue weighted by molar-refractivity contribution is 6.30. The van der Waals surface area contributed by atoms with Crippen LogP contribution in [0.4, 0.5) is 0 Å². The standard InChI is InChI=1S/C13H10ClN3O/c1-17-7-12(16-8-17)13(18)11(6-15)9-3-2-4-10(14)5-9/h2-5,7-8,11H,1H3. The van der Waals surface area contributed by atoms with Crippen LogP contribution in [0.2, 0.25) is 5.02 Å². The summed E-state index contributed by atoms with van der Waals surface area (Å²) in [4.78, 5) is 16.1. The van der Waals surface area contributed by atoms with Gasteiger partial charge < -0.3 is 4.57 Å². The number of carbonyl (C=O) groups excluding carboxylic acids is 1. The Labute approximate surface area is 109 Å². The number of benzene rings is 1. The Kier molecular flexibility index (Phi) is 3.45. The summed E-state index contributed by atoms with van der Waals surface area (Å²) in [6.45, 7) is 0. The largest absolute Gasteiger partial charge is 0.340 e. The van der Waals surface area contributed by atoms with Crippen molar-refractivity contribution < 1.29 is 4.79 Å². The summed E-state index contributed by atoms with van der Waals surface area (Å²) in [6.07, 6.45) is 3.12. The molecule has 1 unspecified atom stereocenters. The molecule has 18 heavy (non-hydrogen) atoms. The van der Waals surface area contributed by atoms with Gasteiger partial charge in [0.25, 0.3) is 0 Å². The van der Waals surface area contributed by atoms with Gasteiger partial charge in [0.2, 0.25) is 5.78 Å². The highest BCUT2D eigenvalue weighted by Crippen LogP contribution is 2.22. The van der Waals surface area contributed by atoms with Gasteiger partial charge >= 0.3 is 0 Å². The van der Waals surface area contributed by atoms with Crippen molar-refractivity contribution in [2.45, 2.75) is 5.92 Å². The molecule has 4 nitrogen and oxygen atoms in total. The van der Waals surface area contributed by atoms with E-state index in [0.29, 0.717) is 10.6 Å². The van der Waals surface area contributed by atoms with Gasteiger partial charge in [0.05, 0.1) is 12.4 Å². The molecule has 0 fully saturated rings. The van der Waals surface area contributed by atoms with Crippen LogP contribution in [-0.2, 0) is 7.05 Å². The number of Topliss-reactive ketones (excluding diaryl/α,β-unsaturated/α-hetero) is 1. The highest BCUT2D eigenvalue weighted by atomic mass is 35.5. The van der Waals surface area contributed by atoms with E-state index in [1.54, 1.807) is 42.1 Å². The number of aryl methyl sites for hydroxylation is 1. The first-order valence-corrected chi connectivity index (χ1v) is 5.67. The molecule has 0 aliphatic rings. The zero-order chi connectivity index (χ0) is 13.1. The van der Waals surface area contributed by atoms with Crippen molar-refractivity contribution in [3.05, 3.63) is 53.1 Å². The molecule has 90 valence electrons. The molecule has 1 atom stereocenters. The SMILES string of the molecule is Cn1cnc(C(=O)C(C#N)c2cccc(Cl)c2)c1. The van der Waals surface area contributed by atoms with Crippen molar-refractivity contribution in [1.82, 2.24) is 9.55 Å². The molecule has 2 rings (SSSR count). The van der Waals surface area contributed by atoms with Gasteiger partial charge in [0.1, 0.15) is 11.6 Å². The van der Waals surface area contributed by atoms with Gasteiger partial charge in [0.15, 0.2) is 0 Å². The van der Waals surface area contributed by atoms with Gasteiger partial charge in [-0.25, -0.2) is 4.98 Å². The molecule has 1 aromatic heterocycles. The summed E-state index contributed by atoms with van der Waals surface area (Å²) in [5.41, 5.74) is 0.865. The van der Waals surface area contributed by atoms with Crippen molar-refractivity contribution in [1.29, 1.82) is 5.26 Å². The monoisotopic (exact) mass is 259 g/mol. The maximum atomic E-state index is 12.2. The average molecular weight is 260 g/mol. The number of hydrogen-bond acceptors (Lipinski definition) is 3. The van der Waals surface area contributed by atoms with Crippen molar-refractivity contribution in [2.24, 2.45) is 7.05 Å². The molecule has 0 spiro atoms. The van der Waals surface area contributed by atoms with Gasteiger partial charge in [-0.15, -0.1) is 0 Å². The van der Waals surface area contributed by atoms with E-state index in [4.69, 9.17) is 16.9 Å². The van der Waals surface area contributed by atoms with Gasteiger partial charge in [-0.1, -0.05) is 23.7 Å². The normalized spacial score (nSPS) is 11.8. The van der Waals surface area contributed by atoms with Gasteiger partial charge in [0, 0.05) is 18.3 Å². The Balaban J connectivity index is 2.35. The molecule has 1 heterocycles. The van der Waals surface area contributed by atoms with Crippen LogP contribution < -0.4 is 0 Å². The predicted octanol–water partition coefficient (Wildman–Crippen LogP) is 2.56. The number of ketones is 1. The number of nitriles is 1. The summed E-state index contributed by atoms with van der Waals surface area (Å²) < 4.78 is 1.67. The number of imidazole rings is 1. The van der Waals surface area contributed by atoms with Crippen LogP contribution in [-0.4, -0.2) is 15.3 Å². The predicted molar refractivity (Wildman–Crippen MR) is 67.3 cm³/mol. The van der Waals surface area contributed by atoms with E-state index in [2.05, 4.69) is 4.98 Å². The van der Waals surface area contributed by atoms with E-state index in [0.717, 1.165) is 0 Å². The molecule has 0 saturated carbocycles. The fourth-order valence-corrected chi connectivity index (χ4v) is 1.86. The smallest absolute Gasteiger partial charge is 0.204 e. The molecule has 0 aliphatic carbocycles. The zero-order valence-electron chi connectivity index (χ0n) is 9.67. The van der Waals surface area contributed by atoms with Gasteiger partial charge in [-0.2, -0.15) is 5.26 Å². The lowest BCUT2D eigenvalue weighted by atomic mass is 9.95. The molecule has 5 heteroatoms. The molecule has 2 aromatic rings. The number of halogens is 1. The summed E-state index contributed by atoms with van der Waals surface area (Å²) >= 11 is 5.86. The van der Waals surface area contributed by atoms with Crippen LogP contribution in [0.1, 0.15) is 22.0 Å². The van der Waals surface area contributed by atoms with Crippen LogP contribution in [0, 0.1) is 11.3 Å². The van der Waals surface area contributed by atoms with Crippen molar-refractivity contribution >= 4 is 17.4 Å². The molecule has 0 radical (unpaired) electrons. The number of rotatable bonds is 3. The molecule has 0 bridgehead atoms.